The van der Waals surface area contributed by atoms with Crippen molar-refractivity contribution in [3.8, 4) is 0 Å². The number of piperidine rings is 1. The zero-order chi connectivity index (χ0) is 18.7. The number of nitrogens with zero attached hydrogens (tertiary/aromatic N) is 2. The van der Waals surface area contributed by atoms with E-state index < -0.39 is 0 Å². The molecule has 2 amide bonds. The summed E-state index contributed by atoms with van der Waals surface area (Å²) in [5.41, 5.74) is 1.74. The molecule has 7 heteroatoms. The summed E-state index contributed by atoms with van der Waals surface area (Å²) in [6.45, 7) is 0. The Kier molecular flexibility index (Phi) is 3.45. The molecule has 27 heavy (non-hydrogen) atoms. The van der Waals surface area contributed by atoms with E-state index in [1.807, 2.05) is 18.2 Å². The van der Waals surface area contributed by atoms with Gasteiger partial charge in [-0.3, -0.25) is 14.4 Å². The molecule has 2 unspecified atom stereocenters. The Balaban J connectivity index is 1.54. The molecule has 2 fully saturated rings. The standard InChI is InChI=1S/C20H14ClN3O3/c21-15-6-5-10(8-17(15)24-19(26)13-9-14(13)20(24)27)7-16-11-3-1-2-4-12(11)18(25)23-22-16/h1-6,8,13-14H,7,9H2,(H,23,25). The quantitative estimate of drug-likeness (QED) is 0.709. The predicted octanol–water partition coefficient (Wildman–Crippen LogP) is 2.68. The highest BCUT2D eigenvalue weighted by Crippen LogP contribution is 2.49. The monoisotopic (exact) mass is 379 g/mol. The first kappa shape index (κ1) is 16.2. The molecule has 5 rings (SSSR count). The van der Waals surface area contributed by atoms with Crippen LogP contribution in [0.25, 0.3) is 10.8 Å². The third-order valence-electron chi connectivity index (χ3n) is 5.26. The molecule has 0 radical (unpaired) electrons. The van der Waals surface area contributed by atoms with Gasteiger partial charge in [0.25, 0.3) is 5.56 Å². The van der Waals surface area contributed by atoms with Crippen LogP contribution >= 0.6 is 11.6 Å². The van der Waals surface area contributed by atoms with Crippen LogP contribution in [0.2, 0.25) is 5.02 Å². The fourth-order valence-corrected chi connectivity index (χ4v) is 3.96. The highest BCUT2D eigenvalue weighted by Gasteiger charge is 2.59. The van der Waals surface area contributed by atoms with Gasteiger partial charge in [-0.2, -0.15) is 5.10 Å². The molecule has 2 aromatic carbocycles. The third-order valence-corrected chi connectivity index (χ3v) is 5.58. The number of benzene rings is 2. The van der Waals surface area contributed by atoms with Gasteiger partial charge in [0.1, 0.15) is 0 Å². The van der Waals surface area contributed by atoms with Gasteiger partial charge in [0, 0.05) is 11.8 Å². The molecule has 0 spiro atoms. The maximum Gasteiger partial charge on any atom is 0.272 e. The molecule has 134 valence electrons. The Hall–Kier alpha value is -2.99. The second kappa shape index (κ2) is 5.76. The van der Waals surface area contributed by atoms with Crippen LogP contribution < -0.4 is 10.5 Å². The van der Waals surface area contributed by atoms with Crippen molar-refractivity contribution >= 4 is 39.9 Å². The number of aromatic amines is 1. The zero-order valence-corrected chi connectivity index (χ0v) is 14.9. The lowest BCUT2D eigenvalue weighted by molar-refractivity contribution is -0.123. The largest absolute Gasteiger partial charge is 0.274 e. The van der Waals surface area contributed by atoms with Gasteiger partial charge < -0.3 is 0 Å². The van der Waals surface area contributed by atoms with Gasteiger partial charge in [-0.15, -0.1) is 0 Å². The molecule has 1 saturated heterocycles. The van der Waals surface area contributed by atoms with E-state index in [-0.39, 0.29) is 29.2 Å². The van der Waals surface area contributed by atoms with Crippen LogP contribution in [0.1, 0.15) is 17.7 Å². The van der Waals surface area contributed by atoms with Gasteiger partial charge in [-0.25, -0.2) is 10.00 Å². The van der Waals surface area contributed by atoms with Crippen LogP contribution in [0.4, 0.5) is 5.69 Å². The van der Waals surface area contributed by atoms with Gasteiger partial charge in [0.15, 0.2) is 0 Å². The first-order chi connectivity index (χ1) is 13.0. The fourth-order valence-electron chi connectivity index (χ4n) is 3.76. The SMILES string of the molecule is O=C1C2CC2C(=O)N1c1cc(Cc2n[nH]c(=O)c3ccccc23)ccc1Cl. The maximum atomic E-state index is 12.4. The first-order valence-corrected chi connectivity index (χ1v) is 9.05. The minimum Gasteiger partial charge on any atom is -0.274 e. The van der Waals surface area contributed by atoms with Gasteiger partial charge in [0.05, 0.1) is 33.6 Å². The molecule has 1 saturated carbocycles. The highest BCUT2D eigenvalue weighted by atomic mass is 35.5. The Labute approximate surface area is 158 Å². The van der Waals surface area contributed by atoms with Crippen LogP contribution in [0, 0.1) is 11.8 Å². The van der Waals surface area contributed by atoms with Crippen LogP contribution in [0.15, 0.2) is 47.3 Å². The van der Waals surface area contributed by atoms with Crippen molar-refractivity contribution in [1.29, 1.82) is 0 Å². The Bertz CT molecular complexity index is 1170. The number of hydrogen-bond acceptors (Lipinski definition) is 4. The molecule has 2 heterocycles. The summed E-state index contributed by atoms with van der Waals surface area (Å²) in [7, 11) is 0. The van der Waals surface area contributed by atoms with Gasteiger partial charge >= 0.3 is 0 Å². The molecular weight excluding hydrogens is 366 g/mol. The minimum absolute atomic E-state index is 0.170. The van der Waals surface area contributed by atoms with Crippen molar-refractivity contribution in [2.45, 2.75) is 12.8 Å². The number of anilines is 1. The minimum atomic E-state index is -0.237. The maximum absolute atomic E-state index is 12.4. The van der Waals surface area contributed by atoms with E-state index >= 15 is 0 Å². The van der Waals surface area contributed by atoms with Crippen LogP contribution in [-0.2, 0) is 16.0 Å². The number of fused-ring (bicyclic) bond motifs is 2. The lowest BCUT2D eigenvalue weighted by atomic mass is 10.0. The first-order valence-electron chi connectivity index (χ1n) is 8.67. The zero-order valence-electron chi connectivity index (χ0n) is 14.1. The third kappa shape index (κ3) is 2.48. The van der Waals surface area contributed by atoms with Crippen molar-refractivity contribution in [2.24, 2.45) is 11.8 Å². The number of hydrogen-bond donors (Lipinski definition) is 1. The summed E-state index contributed by atoms with van der Waals surface area (Å²) >= 11 is 6.28. The number of imide groups is 1. The van der Waals surface area contributed by atoms with E-state index in [4.69, 9.17) is 11.6 Å². The van der Waals surface area contributed by atoms with Crippen LogP contribution in [0.3, 0.4) is 0 Å². The summed E-state index contributed by atoms with van der Waals surface area (Å²) in [6.07, 6.45) is 1.09. The number of nitrogens with one attached hydrogen (secondary N) is 1. The summed E-state index contributed by atoms with van der Waals surface area (Å²) < 4.78 is 0. The molecule has 1 N–H and O–H groups in total. The van der Waals surface area contributed by atoms with E-state index in [0.29, 0.717) is 34.6 Å². The van der Waals surface area contributed by atoms with E-state index in [1.54, 1.807) is 24.3 Å². The number of aromatic nitrogens is 2. The molecule has 1 aliphatic heterocycles. The molecule has 2 aliphatic rings. The average molecular weight is 380 g/mol. The van der Waals surface area contributed by atoms with Gasteiger partial charge in [-0.05, 0) is 30.2 Å². The Morgan fingerprint density at radius 3 is 2.48 bits per heavy atom. The van der Waals surface area contributed by atoms with Crippen molar-refractivity contribution < 1.29 is 9.59 Å². The molecule has 0 bridgehead atoms. The smallest absolute Gasteiger partial charge is 0.272 e. The van der Waals surface area contributed by atoms with E-state index in [0.717, 1.165) is 10.9 Å². The summed E-state index contributed by atoms with van der Waals surface area (Å²) in [5, 5.41) is 8.41. The highest BCUT2D eigenvalue weighted by molar-refractivity contribution is 6.36. The second-order valence-electron chi connectivity index (χ2n) is 6.97. The van der Waals surface area contributed by atoms with E-state index in [9.17, 15) is 14.4 Å². The fraction of sp³-hybridized carbons (Fsp3) is 0.200. The Morgan fingerprint density at radius 1 is 1.04 bits per heavy atom. The summed E-state index contributed by atoms with van der Waals surface area (Å²) in [5.74, 6) is -0.697. The van der Waals surface area contributed by atoms with Crippen LogP contribution in [0.5, 0.6) is 0 Å². The molecule has 3 aromatic rings. The predicted molar refractivity (Wildman–Crippen MR) is 101 cm³/mol. The lowest BCUT2D eigenvalue weighted by Gasteiger charge is -2.19. The Morgan fingerprint density at radius 2 is 1.74 bits per heavy atom. The number of rotatable bonds is 3. The number of carbonyl (C=O) groups excluding carboxylic acids is 2. The van der Waals surface area contributed by atoms with Crippen molar-refractivity contribution in [3.63, 3.8) is 0 Å². The van der Waals surface area contributed by atoms with E-state index in [1.165, 1.54) is 4.90 Å². The molecular formula is C20H14ClN3O3. The van der Waals surface area contributed by atoms with Gasteiger partial charge in [0.2, 0.25) is 11.8 Å². The number of H-pyrrole nitrogens is 1. The topological polar surface area (TPSA) is 83.1 Å². The number of carbonyl (C=O) groups is 2. The normalized spacial score (nSPS) is 21.0. The lowest BCUT2D eigenvalue weighted by Crippen LogP contribution is -2.33. The molecule has 1 aliphatic carbocycles. The molecule has 1 aromatic heterocycles. The molecule has 6 nitrogen and oxygen atoms in total. The van der Waals surface area contributed by atoms with Crippen molar-refractivity contribution in [1.82, 2.24) is 10.2 Å². The van der Waals surface area contributed by atoms with Crippen molar-refractivity contribution in [2.75, 3.05) is 4.90 Å². The summed E-state index contributed by atoms with van der Waals surface area (Å²) in [6, 6.07) is 12.5. The molecule has 2 atom stereocenters. The van der Waals surface area contributed by atoms with Gasteiger partial charge in [-0.1, -0.05) is 35.9 Å². The number of halogens is 1. The van der Waals surface area contributed by atoms with Crippen LogP contribution in [-0.4, -0.2) is 22.0 Å². The summed E-state index contributed by atoms with van der Waals surface area (Å²) in [4.78, 5) is 37.9. The average Bonchev–Trinajstić information content (AvgIpc) is 3.43. The number of amides is 2. The van der Waals surface area contributed by atoms with E-state index in [2.05, 4.69) is 10.2 Å². The van der Waals surface area contributed by atoms with Crippen molar-refractivity contribution in [3.05, 3.63) is 69.1 Å². The second-order valence-corrected chi connectivity index (χ2v) is 7.38.